The molecule has 0 aliphatic rings. The maximum Gasteiger partial charge on any atom is 0.248 e. The first-order valence-electron chi connectivity index (χ1n) is 6.54. The molecule has 3 aromatic rings. The van der Waals surface area contributed by atoms with Gasteiger partial charge in [0.15, 0.2) is 5.82 Å². The number of nitrogens with one attached hydrogen (secondary N) is 1. The third-order valence-electron chi connectivity index (χ3n) is 2.88. The van der Waals surface area contributed by atoms with Gasteiger partial charge < -0.3 is 15.8 Å². The lowest BCUT2D eigenvalue weighted by Crippen LogP contribution is -2.03. The normalized spacial score (nSPS) is 10.3. The van der Waals surface area contributed by atoms with Crippen LogP contribution < -0.4 is 15.8 Å². The van der Waals surface area contributed by atoms with Crippen LogP contribution in [0.25, 0.3) is 0 Å². The third kappa shape index (κ3) is 3.46. The van der Waals surface area contributed by atoms with E-state index in [0.29, 0.717) is 17.3 Å². The zero-order valence-corrected chi connectivity index (χ0v) is 12.5. The Morgan fingerprint density at radius 2 is 2.09 bits per heavy atom. The van der Waals surface area contributed by atoms with Crippen LogP contribution in [0.2, 0.25) is 5.02 Å². The number of nitrogen functional groups attached to an aromatic ring is 1. The Hall–Kier alpha value is -2.93. The van der Waals surface area contributed by atoms with E-state index in [1.165, 1.54) is 30.7 Å². The molecule has 0 aliphatic carbocycles. The quantitative estimate of drug-likeness (QED) is 0.756. The molecule has 0 saturated carbocycles. The van der Waals surface area contributed by atoms with Crippen LogP contribution in [-0.2, 0) is 0 Å². The lowest BCUT2D eigenvalue weighted by molar-refractivity contribution is 0.462. The Balaban J connectivity index is 1.86. The highest BCUT2D eigenvalue weighted by molar-refractivity contribution is 6.31. The average Bonchev–Trinajstić information content (AvgIpc) is 2.56. The fourth-order valence-corrected chi connectivity index (χ4v) is 1.97. The van der Waals surface area contributed by atoms with Crippen molar-refractivity contribution in [2.45, 2.75) is 0 Å². The molecule has 0 atom stereocenters. The SMILES string of the molecule is Nc1c(Nc2ccc(F)c(Cl)c2)ncnc1Oc1cccnc1. The molecule has 2 aromatic heterocycles. The summed E-state index contributed by atoms with van der Waals surface area (Å²) >= 11 is 5.75. The first-order chi connectivity index (χ1) is 11.1. The summed E-state index contributed by atoms with van der Waals surface area (Å²) in [6, 6.07) is 7.65. The summed E-state index contributed by atoms with van der Waals surface area (Å²) in [5.41, 5.74) is 6.75. The molecule has 0 bridgehead atoms. The van der Waals surface area contributed by atoms with Gasteiger partial charge in [-0.05, 0) is 30.3 Å². The Morgan fingerprint density at radius 1 is 1.22 bits per heavy atom. The zero-order valence-electron chi connectivity index (χ0n) is 11.7. The largest absolute Gasteiger partial charge is 0.435 e. The first kappa shape index (κ1) is 15.0. The molecule has 23 heavy (non-hydrogen) atoms. The van der Waals surface area contributed by atoms with Gasteiger partial charge in [-0.1, -0.05) is 11.6 Å². The van der Waals surface area contributed by atoms with Gasteiger partial charge >= 0.3 is 0 Å². The predicted molar refractivity (Wildman–Crippen MR) is 85.4 cm³/mol. The number of rotatable bonds is 4. The van der Waals surface area contributed by atoms with Crippen molar-refractivity contribution in [1.29, 1.82) is 0 Å². The molecule has 0 unspecified atom stereocenters. The topological polar surface area (TPSA) is 86.0 Å². The number of aromatic nitrogens is 3. The second kappa shape index (κ2) is 6.45. The zero-order chi connectivity index (χ0) is 16.2. The van der Waals surface area contributed by atoms with Gasteiger partial charge in [0.25, 0.3) is 0 Å². The molecule has 1 aromatic carbocycles. The van der Waals surface area contributed by atoms with Crippen molar-refractivity contribution in [2.75, 3.05) is 11.1 Å². The molecule has 0 aliphatic heterocycles. The smallest absolute Gasteiger partial charge is 0.248 e. The molecule has 3 N–H and O–H groups in total. The Kier molecular flexibility index (Phi) is 4.20. The van der Waals surface area contributed by atoms with E-state index in [0.717, 1.165) is 0 Å². The maximum atomic E-state index is 13.2. The van der Waals surface area contributed by atoms with Crippen LogP contribution in [0.1, 0.15) is 0 Å². The van der Waals surface area contributed by atoms with Gasteiger partial charge in [0.1, 0.15) is 23.6 Å². The van der Waals surface area contributed by atoms with Crippen LogP contribution >= 0.6 is 11.6 Å². The van der Waals surface area contributed by atoms with Crippen LogP contribution in [0.5, 0.6) is 11.6 Å². The standard InChI is InChI=1S/C15H11ClFN5O/c16-11-6-9(3-4-12(11)17)22-14-13(18)15(21-8-20-14)23-10-2-1-5-19-7-10/h1-8H,18H2,(H,20,21,22). The highest BCUT2D eigenvalue weighted by atomic mass is 35.5. The maximum absolute atomic E-state index is 13.2. The molecule has 0 spiro atoms. The molecule has 116 valence electrons. The number of nitrogens with zero attached hydrogens (tertiary/aromatic N) is 3. The van der Waals surface area contributed by atoms with E-state index >= 15 is 0 Å². The summed E-state index contributed by atoms with van der Waals surface area (Å²) in [4.78, 5) is 12.0. The van der Waals surface area contributed by atoms with Crippen LogP contribution in [0, 0.1) is 5.82 Å². The van der Waals surface area contributed by atoms with Gasteiger partial charge in [-0.25, -0.2) is 9.37 Å². The predicted octanol–water partition coefficient (Wildman–Crippen LogP) is 3.78. The van der Waals surface area contributed by atoms with Crippen LogP contribution in [0.15, 0.2) is 49.1 Å². The number of anilines is 3. The van der Waals surface area contributed by atoms with Crippen LogP contribution in [-0.4, -0.2) is 15.0 Å². The van der Waals surface area contributed by atoms with Gasteiger partial charge in [0, 0.05) is 11.9 Å². The van der Waals surface area contributed by atoms with Crippen molar-refractivity contribution < 1.29 is 9.13 Å². The average molecular weight is 332 g/mol. The van der Waals surface area contributed by atoms with E-state index in [4.69, 9.17) is 22.1 Å². The second-order valence-corrected chi connectivity index (χ2v) is 4.89. The number of pyridine rings is 1. The van der Waals surface area contributed by atoms with Crippen LogP contribution in [0.3, 0.4) is 0 Å². The van der Waals surface area contributed by atoms with Crippen molar-refractivity contribution in [1.82, 2.24) is 15.0 Å². The molecule has 2 heterocycles. The summed E-state index contributed by atoms with van der Waals surface area (Å²) < 4.78 is 18.8. The number of halogens is 2. The van der Waals surface area contributed by atoms with Gasteiger partial charge in [-0.3, -0.25) is 4.98 Å². The van der Waals surface area contributed by atoms with Crippen molar-refractivity contribution in [3.63, 3.8) is 0 Å². The monoisotopic (exact) mass is 331 g/mol. The molecular weight excluding hydrogens is 321 g/mol. The van der Waals surface area contributed by atoms with Gasteiger partial charge in [-0.2, -0.15) is 4.98 Å². The number of nitrogens with two attached hydrogens (primary N) is 1. The van der Waals surface area contributed by atoms with Gasteiger partial charge in [0.05, 0.1) is 11.2 Å². The summed E-state index contributed by atoms with van der Waals surface area (Å²) in [5.74, 6) is 0.493. The van der Waals surface area contributed by atoms with E-state index < -0.39 is 5.82 Å². The minimum Gasteiger partial charge on any atom is -0.435 e. The van der Waals surface area contributed by atoms with Crippen molar-refractivity contribution in [2.24, 2.45) is 0 Å². The number of ether oxygens (including phenoxy) is 1. The summed E-state index contributed by atoms with van der Waals surface area (Å²) in [6.07, 6.45) is 4.46. The summed E-state index contributed by atoms with van der Waals surface area (Å²) in [5, 5.41) is 2.94. The molecular formula is C15H11ClFN5O. The number of hydrogen-bond donors (Lipinski definition) is 2. The molecule has 0 fully saturated rings. The van der Waals surface area contributed by atoms with E-state index in [1.807, 2.05) is 0 Å². The van der Waals surface area contributed by atoms with Crippen molar-refractivity contribution in [3.8, 4) is 11.6 Å². The van der Waals surface area contributed by atoms with E-state index in [2.05, 4.69) is 20.3 Å². The number of hydrogen-bond acceptors (Lipinski definition) is 6. The fraction of sp³-hybridized carbons (Fsp3) is 0. The fourth-order valence-electron chi connectivity index (χ4n) is 1.79. The van der Waals surface area contributed by atoms with Gasteiger partial charge in [-0.15, -0.1) is 0 Å². The van der Waals surface area contributed by atoms with E-state index in [-0.39, 0.29) is 16.6 Å². The molecule has 3 rings (SSSR count). The molecule has 0 radical (unpaired) electrons. The lowest BCUT2D eigenvalue weighted by atomic mass is 10.3. The van der Waals surface area contributed by atoms with Crippen molar-refractivity contribution in [3.05, 3.63) is 59.9 Å². The van der Waals surface area contributed by atoms with Crippen molar-refractivity contribution >= 4 is 28.8 Å². The van der Waals surface area contributed by atoms with Crippen LogP contribution in [0.4, 0.5) is 21.6 Å². The number of benzene rings is 1. The first-order valence-corrected chi connectivity index (χ1v) is 6.91. The Morgan fingerprint density at radius 3 is 2.83 bits per heavy atom. The molecule has 8 heteroatoms. The highest BCUT2D eigenvalue weighted by Gasteiger charge is 2.11. The summed E-state index contributed by atoms with van der Waals surface area (Å²) in [6.45, 7) is 0. The molecule has 6 nitrogen and oxygen atoms in total. The van der Waals surface area contributed by atoms with E-state index in [9.17, 15) is 4.39 Å². The van der Waals surface area contributed by atoms with Gasteiger partial charge in [0.2, 0.25) is 5.88 Å². The Bertz CT molecular complexity index is 831. The minimum absolute atomic E-state index is 0.00513. The Labute approximate surface area is 136 Å². The molecule has 0 amide bonds. The van der Waals surface area contributed by atoms with E-state index in [1.54, 1.807) is 18.3 Å². The highest BCUT2D eigenvalue weighted by Crippen LogP contribution is 2.31. The minimum atomic E-state index is -0.506. The summed E-state index contributed by atoms with van der Waals surface area (Å²) in [7, 11) is 0. The lowest BCUT2D eigenvalue weighted by Gasteiger charge is -2.11. The second-order valence-electron chi connectivity index (χ2n) is 4.49. The third-order valence-corrected chi connectivity index (χ3v) is 3.17. The molecule has 0 saturated heterocycles.